The van der Waals surface area contributed by atoms with Gasteiger partial charge in [-0.2, -0.15) is 0 Å². The van der Waals surface area contributed by atoms with Crippen LogP contribution in [0.25, 0.3) is 0 Å². The summed E-state index contributed by atoms with van der Waals surface area (Å²) in [6.45, 7) is 10.4. The monoisotopic (exact) mass is 259 g/mol. The Bertz CT molecular complexity index is 285. The molecular weight excluding hydrogens is 234 g/mol. The Morgan fingerprint density at radius 2 is 2.06 bits per heavy atom. The summed E-state index contributed by atoms with van der Waals surface area (Å²) in [5.41, 5.74) is -0.503. The van der Waals surface area contributed by atoms with Crippen molar-refractivity contribution in [3.63, 3.8) is 0 Å². The molecule has 1 amide bonds. The quantitative estimate of drug-likeness (QED) is 0.819. The summed E-state index contributed by atoms with van der Waals surface area (Å²) in [5, 5.41) is 9.22. The smallest absolute Gasteiger partial charge is 0.410 e. The van der Waals surface area contributed by atoms with E-state index in [2.05, 4.69) is 0 Å². The van der Waals surface area contributed by atoms with Crippen LogP contribution >= 0.6 is 0 Å². The number of ether oxygens (including phenoxy) is 2. The standard InChI is InChI=1S/C13H25NO4/c1-9(2)11-7-14(6-10(8-15)17-11)12(16)18-13(3,4)5/h9-11,15H,6-8H2,1-5H3/t10-,11-/m0/s1. The number of carbonyl (C=O) groups excluding carboxylic acids is 1. The molecule has 1 N–H and O–H groups in total. The molecule has 106 valence electrons. The highest BCUT2D eigenvalue weighted by Gasteiger charge is 2.33. The topological polar surface area (TPSA) is 59.0 Å². The van der Waals surface area contributed by atoms with E-state index in [4.69, 9.17) is 9.47 Å². The molecule has 0 radical (unpaired) electrons. The predicted molar refractivity (Wildman–Crippen MR) is 68.4 cm³/mol. The summed E-state index contributed by atoms with van der Waals surface area (Å²) in [4.78, 5) is 13.6. The molecule has 0 unspecified atom stereocenters. The molecule has 1 fully saturated rings. The second-order valence-electron chi connectivity index (χ2n) is 6.11. The molecule has 0 bridgehead atoms. The molecule has 1 rings (SSSR count). The van der Waals surface area contributed by atoms with Gasteiger partial charge >= 0.3 is 6.09 Å². The molecule has 0 saturated carbocycles. The second kappa shape index (κ2) is 5.89. The van der Waals surface area contributed by atoms with Crippen LogP contribution in [0.3, 0.4) is 0 Å². The van der Waals surface area contributed by atoms with E-state index in [1.54, 1.807) is 4.90 Å². The Kier molecular flexibility index (Phi) is 4.99. The first kappa shape index (κ1) is 15.2. The summed E-state index contributed by atoms with van der Waals surface area (Å²) in [5.74, 6) is 0.296. The number of hydrogen-bond donors (Lipinski definition) is 1. The summed E-state index contributed by atoms with van der Waals surface area (Å²) in [6, 6.07) is 0. The number of morpholine rings is 1. The van der Waals surface area contributed by atoms with E-state index in [-0.39, 0.29) is 24.9 Å². The third-order valence-corrected chi connectivity index (χ3v) is 2.79. The minimum absolute atomic E-state index is 0.0524. The van der Waals surface area contributed by atoms with Gasteiger partial charge in [0.1, 0.15) is 5.60 Å². The highest BCUT2D eigenvalue weighted by Crippen LogP contribution is 2.19. The maximum Gasteiger partial charge on any atom is 0.410 e. The highest BCUT2D eigenvalue weighted by molar-refractivity contribution is 5.68. The molecular formula is C13H25NO4. The first-order chi connectivity index (χ1) is 8.23. The lowest BCUT2D eigenvalue weighted by Crippen LogP contribution is -2.53. The second-order valence-corrected chi connectivity index (χ2v) is 6.11. The van der Waals surface area contributed by atoms with Crippen molar-refractivity contribution < 1.29 is 19.4 Å². The van der Waals surface area contributed by atoms with Gasteiger partial charge in [0.05, 0.1) is 31.9 Å². The van der Waals surface area contributed by atoms with Crippen molar-refractivity contribution in [3.8, 4) is 0 Å². The number of rotatable bonds is 2. The van der Waals surface area contributed by atoms with Gasteiger partial charge in [-0.05, 0) is 26.7 Å². The van der Waals surface area contributed by atoms with Gasteiger partial charge in [0.15, 0.2) is 0 Å². The van der Waals surface area contributed by atoms with Crippen LogP contribution in [0.15, 0.2) is 0 Å². The van der Waals surface area contributed by atoms with E-state index >= 15 is 0 Å². The van der Waals surface area contributed by atoms with Crippen molar-refractivity contribution in [2.45, 2.75) is 52.4 Å². The van der Waals surface area contributed by atoms with Crippen molar-refractivity contribution in [1.82, 2.24) is 4.90 Å². The molecule has 2 atom stereocenters. The lowest BCUT2D eigenvalue weighted by atomic mass is 10.0. The predicted octanol–water partition coefficient (Wildman–Crippen LogP) is 1.64. The summed E-state index contributed by atoms with van der Waals surface area (Å²) >= 11 is 0. The molecule has 18 heavy (non-hydrogen) atoms. The molecule has 0 aromatic rings. The van der Waals surface area contributed by atoms with Crippen LogP contribution in [0.4, 0.5) is 4.79 Å². The zero-order chi connectivity index (χ0) is 13.9. The molecule has 0 spiro atoms. The normalized spacial score (nSPS) is 25.4. The van der Waals surface area contributed by atoms with E-state index < -0.39 is 5.60 Å². The third-order valence-electron chi connectivity index (χ3n) is 2.79. The van der Waals surface area contributed by atoms with E-state index in [1.807, 2.05) is 34.6 Å². The summed E-state index contributed by atoms with van der Waals surface area (Å²) < 4.78 is 11.1. The number of aliphatic hydroxyl groups is 1. The number of aliphatic hydroxyl groups excluding tert-OH is 1. The van der Waals surface area contributed by atoms with Crippen LogP contribution < -0.4 is 0 Å². The van der Waals surface area contributed by atoms with Gasteiger partial charge in [0.25, 0.3) is 0 Å². The Labute approximate surface area is 109 Å². The molecule has 1 heterocycles. The summed E-state index contributed by atoms with van der Waals surface area (Å²) in [7, 11) is 0. The molecule has 1 aliphatic rings. The van der Waals surface area contributed by atoms with Gasteiger partial charge in [0.2, 0.25) is 0 Å². The Hall–Kier alpha value is -0.810. The van der Waals surface area contributed by atoms with E-state index in [0.29, 0.717) is 19.0 Å². The molecule has 0 aromatic carbocycles. The van der Waals surface area contributed by atoms with Crippen molar-refractivity contribution in [1.29, 1.82) is 0 Å². The van der Waals surface area contributed by atoms with Crippen LogP contribution in [-0.4, -0.2) is 53.6 Å². The summed E-state index contributed by atoms with van der Waals surface area (Å²) in [6.07, 6.45) is -0.711. The number of amides is 1. The maximum absolute atomic E-state index is 12.0. The van der Waals surface area contributed by atoms with Crippen molar-refractivity contribution in [3.05, 3.63) is 0 Å². The number of carbonyl (C=O) groups is 1. The van der Waals surface area contributed by atoms with Crippen LogP contribution in [-0.2, 0) is 9.47 Å². The van der Waals surface area contributed by atoms with Gasteiger partial charge in [-0.3, -0.25) is 0 Å². The molecule has 0 aromatic heterocycles. The molecule has 5 nitrogen and oxygen atoms in total. The van der Waals surface area contributed by atoms with E-state index in [0.717, 1.165) is 0 Å². The van der Waals surface area contributed by atoms with E-state index in [1.165, 1.54) is 0 Å². The highest BCUT2D eigenvalue weighted by atomic mass is 16.6. The van der Waals surface area contributed by atoms with Crippen molar-refractivity contribution >= 4 is 6.09 Å². The lowest BCUT2D eigenvalue weighted by molar-refractivity contribution is -0.117. The number of hydrogen-bond acceptors (Lipinski definition) is 4. The Balaban J connectivity index is 2.66. The molecule has 1 aliphatic heterocycles. The zero-order valence-electron chi connectivity index (χ0n) is 12.0. The first-order valence-electron chi connectivity index (χ1n) is 6.47. The van der Waals surface area contributed by atoms with Gasteiger partial charge in [-0.25, -0.2) is 4.79 Å². The van der Waals surface area contributed by atoms with Crippen LogP contribution in [0.5, 0.6) is 0 Å². The molecule has 0 aliphatic carbocycles. The molecule has 5 heteroatoms. The van der Waals surface area contributed by atoms with Crippen LogP contribution in [0, 0.1) is 5.92 Å². The third kappa shape index (κ3) is 4.46. The van der Waals surface area contributed by atoms with Crippen molar-refractivity contribution in [2.75, 3.05) is 19.7 Å². The maximum atomic E-state index is 12.0. The fourth-order valence-corrected chi connectivity index (χ4v) is 1.82. The Morgan fingerprint density at radius 3 is 2.50 bits per heavy atom. The average molecular weight is 259 g/mol. The van der Waals surface area contributed by atoms with Crippen LogP contribution in [0.1, 0.15) is 34.6 Å². The first-order valence-corrected chi connectivity index (χ1v) is 6.47. The minimum Gasteiger partial charge on any atom is -0.444 e. The fraction of sp³-hybridized carbons (Fsp3) is 0.923. The van der Waals surface area contributed by atoms with Crippen molar-refractivity contribution in [2.24, 2.45) is 5.92 Å². The fourth-order valence-electron chi connectivity index (χ4n) is 1.82. The lowest BCUT2D eigenvalue weighted by Gasteiger charge is -2.39. The SMILES string of the molecule is CC(C)[C@@H]1CN(C(=O)OC(C)(C)C)C[C@@H](CO)O1. The zero-order valence-corrected chi connectivity index (χ0v) is 12.0. The molecule has 1 saturated heterocycles. The largest absolute Gasteiger partial charge is 0.444 e. The van der Waals surface area contributed by atoms with E-state index in [9.17, 15) is 9.90 Å². The van der Waals surface area contributed by atoms with Gasteiger partial charge in [-0.15, -0.1) is 0 Å². The minimum atomic E-state index is -0.503. The average Bonchev–Trinajstić information content (AvgIpc) is 2.26. The Morgan fingerprint density at radius 1 is 1.44 bits per heavy atom. The van der Waals surface area contributed by atoms with Gasteiger partial charge < -0.3 is 19.5 Å². The van der Waals surface area contributed by atoms with Crippen LogP contribution in [0.2, 0.25) is 0 Å². The number of nitrogens with zero attached hydrogens (tertiary/aromatic N) is 1. The van der Waals surface area contributed by atoms with Gasteiger partial charge in [0, 0.05) is 0 Å². The van der Waals surface area contributed by atoms with Gasteiger partial charge in [-0.1, -0.05) is 13.8 Å².